The third kappa shape index (κ3) is 5.57. The van der Waals surface area contributed by atoms with Crippen LogP contribution in [0, 0.1) is 11.8 Å². The summed E-state index contributed by atoms with van der Waals surface area (Å²) >= 11 is 1.93. The van der Waals surface area contributed by atoms with Gasteiger partial charge in [0.15, 0.2) is 5.84 Å². The molecule has 0 saturated carbocycles. The van der Waals surface area contributed by atoms with Crippen LogP contribution in [0.2, 0.25) is 0 Å². The second kappa shape index (κ2) is 13.4. The fourth-order valence-electron chi connectivity index (χ4n) is 8.46. The SMILES string of the molecule is CN=C(N=C(c1cccc2sc3c(c12)C=CC(C)C3)C1C=Cc2ccccc2C1)c1cccc2oc3cccc(-c4cccc(-c5ccccc5)c4)c3c12. The Labute approximate surface area is 319 Å². The van der Waals surface area contributed by atoms with Crippen LogP contribution in [0.15, 0.2) is 160 Å². The number of fused-ring (bicyclic) bond motifs is 7. The molecule has 2 heterocycles. The van der Waals surface area contributed by atoms with Crippen molar-refractivity contribution in [1.29, 1.82) is 0 Å². The monoisotopic (exact) mass is 714 g/mol. The van der Waals surface area contributed by atoms with E-state index in [1.54, 1.807) is 0 Å². The van der Waals surface area contributed by atoms with E-state index in [1.807, 2.05) is 18.4 Å². The number of hydrogen-bond acceptors (Lipinski definition) is 3. The van der Waals surface area contributed by atoms with Gasteiger partial charge in [-0.05, 0) is 82.0 Å². The molecule has 8 aromatic rings. The Kier molecular flexibility index (Phi) is 8.07. The van der Waals surface area contributed by atoms with Crippen molar-refractivity contribution >= 4 is 67.1 Å². The largest absolute Gasteiger partial charge is 0.456 e. The molecule has 2 aliphatic carbocycles. The van der Waals surface area contributed by atoms with Gasteiger partial charge in [0.2, 0.25) is 0 Å². The maximum atomic E-state index is 6.61. The van der Waals surface area contributed by atoms with Crippen LogP contribution in [0.1, 0.15) is 39.6 Å². The van der Waals surface area contributed by atoms with E-state index in [1.165, 1.54) is 48.3 Å². The molecule has 2 aromatic heterocycles. The van der Waals surface area contributed by atoms with Crippen LogP contribution >= 0.6 is 11.3 Å². The zero-order chi connectivity index (χ0) is 36.2. The Morgan fingerprint density at radius 1 is 0.648 bits per heavy atom. The molecule has 0 aliphatic heterocycles. The van der Waals surface area contributed by atoms with Crippen molar-refractivity contribution in [2.45, 2.75) is 19.8 Å². The summed E-state index contributed by atoms with van der Waals surface area (Å²) < 4.78 is 7.92. The van der Waals surface area contributed by atoms with Gasteiger partial charge in [-0.1, -0.05) is 140 Å². The lowest BCUT2D eigenvalue weighted by molar-refractivity contribution is 0.669. The molecule has 0 spiro atoms. The van der Waals surface area contributed by atoms with Crippen molar-refractivity contribution in [3.63, 3.8) is 0 Å². The van der Waals surface area contributed by atoms with Crippen LogP contribution in [0.25, 0.3) is 66.4 Å². The van der Waals surface area contributed by atoms with Gasteiger partial charge in [0.05, 0.1) is 5.71 Å². The van der Waals surface area contributed by atoms with Gasteiger partial charge in [-0.15, -0.1) is 11.3 Å². The number of nitrogens with zero attached hydrogens (tertiary/aromatic N) is 2. The van der Waals surface area contributed by atoms with Crippen LogP contribution in [-0.2, 0) is 12.8 Å². The molecule has 260 valence electrons. The lowest BCUT2D eigenvalue weighted by Crippen LogP contribution is -2.21. The lowest BCUT2D eigenvalue weighted by Gasteiger charge is -2.23. The molecule has 4 heteroatoms. The molecule has 0 N–H and O–H groups in total. The van der Waals surface area contributed by atoms with Crippen LogP contribution in [0.3, 0.4) is 0 Å². The minimum atomic E-state index is 0.0703. The minimum Gasteiger partial charge on any atom is -0.456 e. The highest BCUT2D eigenvalue weighted by atomic mass is 32.1. The van der Waals surface area contributed by atoms with E-state index in [4.69, 9.17) is 14.4 Å². The summed E-state index contributed by atoms with van der Waals surface area (Å²) in [6.07, 6.45) is 11.3. The van der Waals surface area contributed by atoms with E-state index < -0.39 is 0 Å². The Hall–Kier alpha value is -6.10. The molecule has 0 bridgehead atoms. The third-order valence-corrected chi connectivity index (χ3v) is 12.2. The van der Waals surface area contributed by atoms with Gasteiger partial charge in [-0.25, -0.2) is 4.99 Å². The molecule has 0 saturated heterocycles. The van der Waals surface area contributed by atoms with E-state index in [-0.39, 0.29) is 5.92 Å². The zero-order valence-electron chi connectivity index (χ0n) is 30.3. The average molecular weight is 715 g/mol. The molecular formula is C50H38N2OS. The number of allylic oxidation sites excluding steroid dienone is 2. The summed E-state index contributed by atoms with van der Waals surface area (Å²) in [6, 6.07) is 47.5. The van der Waals surface area contributed by atoms with Crippen molar-refractivity contribution in [3.05, 3.63) is 178 Å². The maximum absolute atomic E-state index is 6.61. The van der Waals surface area contributed by atoms with Gasteiger partial charge in [0.1, 0.15) is 11.2 Å². The molecule has 6 aromatic carbocycles. The first-order valence-corrected chi connectivity index (χ1v) is 19.6. The van der Waals surface area contributed by atoms with Crippen LogP contribution in [0.5, 0.6) is 0 Å². The normalized spacial score (nSPS) is 17.0. The molecule has 0 fully saturated rings. The first kappa shape index (κ1) is 32.5. The first-order valence-electron chi connectivity index (χ1n) is 18.8. The summed E-state index contributed by atoms with van der Waals surface area (Å²) in [4.78, 5) is 12.1. The van der Waals surface area contributed by atoms with Crippen molar-refractivity contribution in [2.75, 3.05) is 7.05 Å². The number of benzene rings is 6. The van der Waals surface area contributed by atoms with Gasteiger partial charge >= 0.3 is 0 Å². The molecule has 2 aliphatic rings. The molecule has 3 nitrogen and oxygen atoms in total. The fraction of sp³-hybridized carbons (Fsp3) is 0.120. The second-order valence-electron chi connectivity index (χ2n) is 14.5. The standard InChI is InChI=1S/C50H38N2OS/c1-31-24-27-39-45(28-31)54-44-23-11-19-40(46(39)44)49(37-26-25-33-14-6-7-15-34(33)30-37)52-50(51-2)41-20-10-22-43-48(41)47-38(18-9-21-42(47)53-43)36-17-8-16-35(29-36)32-12-4-3-5-13-32/h3-27,29,31,37H,28,30H2,1-2H3. The molecule has 2 unspecified atom stereocenters. The number of aliphatic imine (C=N–C) groups is 2. The summed E-state index contributed by atoms with van der Waals surface area (Å²) in [5.41, 5.74) is 13.5. The number of rotatable bonds is 5. The van der Waals surface area contributed by atoms with Crippen LogP contribution in [0.4, 0.5) is 0 Å². The lowest BCUT2D eigenvalue weighted by atomic mass is 9.82. The van der Waals surface area contributed by atoms with E-state index in [0.717, 1.165) is 57.2 Å². The van der Waals surface area contributed by atoms with Crippen molar-refractivity contribution in [3.8, 4) is 22.3 Å². The summed E-state index contributed by atoms with van der Waals surface area (Å²) in [6.45, 7) is 2.30. The van der Waals surface area contributed by atoms with E-state index in [2.05, 4.69) is 165 Å². The minimum absolute atomic E-state index is 0.0703. The number of furan rings is 1. The average Bonchev–Trinajstić information content (AvgIpc) is 3.80. The predicted molar refractivity (Wildman–Crippen MR) is 230 cm³/mol. The maximum Gasteiger partial charge on any atom is 0.155 e. The van der Waals surface area contributed by atoms with Gasteiger partial charge in [-0.2, -0.15) is 0 Å². The zero-order valence-corrected chi connectivity index (χ0v) is 31.1. The number of thiophene rings is 1. The van der Waals surface area contributed by atoms with Crippen molar-refractivity contribution in [2.24, 2.45) is 21.8 Å². The van der Waals surface area contributed by atoms with Gasteiger partial charge in [0, 0.05) is 49.8 Å². The van der Waals surface area contributed by atoms with Gasteiger partial charge in [0.25, 0.3) is 0 Å². The molecule has 10 rings (SSSR count). The summed E-state index contributed by atoms with van der Waals surface area (Å²) in [7, 11) is 1.87. The van der Waals surface area contributed by atoms with E-state index >= 15 is 0 Å². The van der Waals surface area contributed by atoms with Gasteiger partial charge in [-0.3, -0.25) is 4.99 Å². The highest BCUT2D eigenvalue weighted by Crippen LogP contribution is 2.42. The quantitative estimate of drug-likeness (QED) is 0.129. The topological polar surface area (TPSA) is 37.9 Å². The molecule has 2 atom stereocenters. The Morgan fingerprint density at radius 3 is 2.28 bits per heavy atom. The highest BCUT2D eigenvalue weighted by Gasteiger charge is 2.27. The second-order valence-corrected chi connectivity index (χ2v) is 15.6. The number of amidine groups is 1. The number of hydrogen-bond donors (Lipinski definition) is 0. The van der Waals surface area contributed by atoms with Crippen LogP contribution in [-0.4, -0.2) is 18.6 Å². The molecule has 54 heavy (non-hydrogen) atoms. The van der Waals surface area contributed by atoms with Crippen molar-refractivity contribution < 1.29 is 4.42 Å². The smallest absolute Gasteiger partial charge is 0.155 e. The van der Waals surface area contributed by atoms with Gasteiger partial charge < -0.3 is 4.42 Å². The summed E-state index contributed by atoms with van der Waals surface area (Å²) in [5, 5.41) is 3.41. The Bertz CT molecular complexity index is 2870. The van der Waals surface area contributed by atoms with E-state index in [0.29, 0.717) is 11.8 Å². The van der Waals surface area contributed by atoms with Crippen molar-refractivity contribution in [1.82, 2.24) is 0 Å². The summed E-state index contributed by atoms with van der Waals surface area (Å²) in [5.74, 6) is 1.30. The Balaban J connectivity index is 1.18. The third-order valence-electron chi connectivity index (χ3n) is 11.0. The molecule has 0 radical (unpaired) electrons. The van der Waals surface area contributed by atoms with Crippen LogP contribution < -0.4 is 0 Å². The Morgan fingerprint density at radius 2 is 1.39 bits per heavy atom. The van der Waals surface area contributed by atoms with E-state index in [9.17, 15) is 0 Å². The fourth-order valence-corrected chi connectivity index (χ4v) is 9.82. The molecule has 0 amide bonds. The predicted octanol–water partition coefficient (Wildman–Crippen LogP) is 13.1. The first-order chi connectivity index (χ1) is 26.6. The highest BCUT2D eigenvalue weighted by molar-refractivity contribution is 7.19. The molecular weight excluding hydrogens is 677 g/mol.